The second-order valence-electron chi connectivity index (χ2n) is 12.2. The first-order chi connectivity index (χ1) is 18.9. The van der Waals surface area contributed by atoms with E-state index in [1.165, 1.54) is 13.3 Å². The van der Waals surface area contributed by atoms with Gasteiger partial charge < -0.3 is 18.9 Å². The first-order valence-corrected chi connectivity index (χ1v) is 16.8. The Morgan fingerprint density at radius 3 is 2.41 bits per heavy atom. The molecule has 7 nitrogen and oxygen atoms in total. The summed E-state index contributed by atoms with van der Waals surface area (Å²) in [5, 5.41) is 4.39. The van der Waals surface area contributed by atoms with E-state index in [2.05, 4.69) is 43.9 Å². The van der Waals surface area contributed by atoms with E-state index in [4.69, 9.17) is 25.5 Å². The Bertz CT molecular complexity index is 1440. The lowest BCUT2D eigenvalue weighted by atomic mass is 9.77. The summed E-state index contributed by atoms with van der Waals surface area (Å²) >= 11 is 6.53. The molecule has 0 aliphatic heterocycles. The number of alkyl halides is 3. The Kier molecular flexibility index (Phi) is 8.22. The van der Waals surface area contributed by atoms with Gasteiger partial charge in [0.15, 0.2) is 14.0 Å². The first kappa shape index (κ1) is 31.2. The number of methoxy groups -OCH3 is 1. The lowest BCUT2D eigenvalue weighted by Gasteiger charge is -2.52. The molecule has 1 N–H and O–H groups in total. The fourth-order valence-corrected chi connectivity index (χ4v) is 7.22. The van der Waals surface area contributed by atoms with Gasteiger partial charge in [0.2, 0.25) is 0 Å². The van der Waals surface area contributed by atoms with Gasteiger partial charge >= 0.3 is 12.1 Å². The molecule has 1 aromatic carbocycles. The van der Waals surface area contributed by atoms with E-state index in [0.29, 0.717) is 29.7 Å². The molecule has 2 heterocycles. The molecule has 224 valence electrons. The van der Waals surface area contributed by atoms with Gasteiger partial charge in [-0.15, -0.1) is 0 Å². The Labute approximate surface area is 244 Å². The summed E-state index contributed by atoms with van der Waals surface area (Å²) in [5.74, 6) is -0.420. The second-order valence-corrected chi connectivity index (χ2v) is 17.3. The molecule has 1 fully saturated rings. The molecular weight excluding hydrogens is 575 g/mol. The number of benzene rings is 1. The molecule has 0 amide bonds. The third-order valence-corrected chi connectivity index (χ3v) is 13.2. The van der Waals surface area contributed by atoms with Crippen molar-refractivity contribution in [2.75, 3.05) is 13.7 Å². The molecule has 0 radical (unpaired) electrons. The van der Waals surface area contributed by atoms with Crippen molar-refractivity contribution in [1.82, 2.24) is 14.8 Å². The van der Waals surface area contributed by atoms with Gasteiger partial charge in [0, 0.05) is 22.9 Å². The quantitative estimate of drug-likeness (QED) is 0.204. The maximum absolute atomic E-state index is 14.7. The third kappa shape index (κ3) is 5.81. The van der Waals surface area contributed by atoms with E-state index in [0.717, 1.165) is 10.9 Å². The van der Waals surface area contributed by atoms with Crippen molar-refractivity contribution < 1.29 is 31.9 Å². The average Bonchev–Trinajstić information content (AvgIpc) is 3.46. The summed E-state index contributed by atoms with van der Waals surface area (Å²) in [6.07, 6.45) is -1.36. The van der Waals surface area contributed by atoms with Gasteiger partial charge in [0.05, 0.1) is 47.8 Å². The SMILES string of the molecule is CCOC(=O)c1c(-c2cccc(OC)c2Cl)c[nH]c1-c1cnn(C2CC(C)(O[Si](C)(C)C(C)(C)C)C2)c1C(F)(F)F. The monoisotopic (exact) mass is 611 g/mol. The molecule has 0 bridgehead atoms. The van der Waals surface area contributed by atoms with E-state index < -0.39 is 37.8 Å². The number of esters is 1. The van der Waals surface area contributed by atoms with Crippen LogP contribution in [-0.4, -0.2) is 48.4 Å². The van der Waals surface area contributed by atoms with Crippen LogP contribution in [0.15, 0.2) is 30.6 Å². The summed E-state index contributed by atoms with van der Waals surface area (Å²) in [6.45, 7) is 14.3. The molecule has 0 saturated heterocycles. The molecule has 12 heteroatoms. The van der Waals surface area contributed by atoms with Crippen LogP contribution in [0.1, 0.15) is 69.6 Å². The highest BCUT2D eigenvalue weighted by atomic mass is 35.5. The molecule has 3 aromatic rings. The Morgan fingerprint density at radius 1 is 1.20 bits per heavy atom. The summed E-state index contributed by atoms with van der Waals surface area (Å²) < 4.78 is 62.2. The van der Waals surface area contributed by atoms with Crippen molar-refractivity contribution in [3.63, 3.8) is 0 Å². The van der Waals surface area contributed by atoms with Crippen LogP contribution >= 0.6 is 11.6 Å². The Balaban J connectivity index is 1.78. The van der Waals surface area contributed by atoms with E-state index in [1.807, 2.05) is 6.92 Å². The van der Waals surface area contributed by atoms with Crippen LogP contribution in [-0.2, 0) is 15.3 Å². The summed E-state index contributed by atoms with van der Waals surface area (Å²) in [5.41, 5.74) is -1.13. The number of aromatic amines is 1. The number of hydrogen-bond acceptors (Lipinski definition) is 5. The van der Waals surface area contributed by atoms with Gasteiger partial charge in [-0.05, 0) is 50.9 Å². The molecule has 41 heavy (non-hydrogen) atoms. The number of carbonyl (C=O) groups excluding carboxylic acids is 1. The smallest absolute Gasteiger partial charge is 0.433 e. The lowest BCUT2D eigenvalue weighted by Crippen LogP contribution is -2.54. The summed E-state index contributed by atoms with van der Waals surface area (Å²) in [4.78, 5) is 16.1. The number of aromatic nitrogens is 3. The highest BCUT2D eigenvalue weighted by Crippen LogP contribution is 2.51. The minimum Gasteiger partial charge on any atom is -0.495 e. The number of carbonyl (C=O) groups is 1. The van der Waals surface area contributed by atoms with Crippen LogP contribution in [0.5, 0.6) is 5.75 Å². The molecule has 1 aliphatic rings. The maximum Gasteiger partial charge on any atom is 0.433 e. The zero-order valence-electron chi connectivity index (χ0n) is 24.6. The normalized spacial score (nSPS) is 19.7. The highest BCUT2D eigenvalue weighted by Gasteiger charge is 2.52. The third-order valence-electron chi connectivity index (χ3n) is 8.15. The fourth-order valence-electron chi connectivity index (χ4n) is 5.21. The maximum atomic E-state index is 14.7. The molecule has 4 rings (SSSR count). The molecule has 0 unspecified atom stereocenters. The minimum absolute atomic E-state index is 0.0302. The summed E-state index contributed by atoms with van der Waals surface area (Å²) in [7, 11) is -0.684. The molecule has 1 saturated carbocycles. The van der Waals surface area contributed by atoms with E-state index in [-0.39, 0.29) is 33.5 Å². The number of nitrogens with one attached hydrogen (secondary N) is 1. The number of ether oxygens (including phenoxy) is 2. The van der Waals surface area contributed by atoms with Crippen molar-refractivity contribution in [3.05, 3.63) is 46.9 Å². The molecule has 0 atom stereocenters. The van der Waals surface area contributed by atoms with Crippen LogP contribution in [0.2, 0.25) is 23.2 Å². The molecule has 2 aromatic heterocycles. The van der Waals surface area contributed by atoms with E-state index >= 15 is 0 Å². The zero-order chi connectivity index (χ0) is 30.5. The highest BCUT2D eigenvalue weighted by molar-refractivity contribution is 6.74. The van der Waals surface area contributed by atoms with Gasteiger partial charge in [0.1, 0.15) is 5.75 Å². The van der Waals surface area contributed by atoms with Crippen LogP contribution in [0.25, 0.3) is 22.4 Å². The first-order valence-electron chi connectivity index (χ1n) is 13.5. The van der Waals surface area contributed by atoms with Gasteiger partial charge in [-0.25, -0.2) is 4.79 Å². The minimum atomic E-state index is -4.75. The average molecular weight is 612 g/mol. The van der Waals surface area contributed by atoms with Crippen molar-refractivity contribution in [1.29, 1.82) is 0 Å². The predicted octanol–water partition coefficient (Wildman–Crippen LogP) is 8.52. The lowest BCUT2D eigenvalue weighted by molar-refractivity contribution is -0.148. The van der Waals surface area contributed by atoms with Gasteiger partial charge in [-0.2, -0.15) is 18.3 Å². The number of nitrogens with zero attached hydrogens (tertiary/aromatic N) is 2. The number of halogens is 4. The standard InChI is InChI=1S/C29H37ClF3N3O4Si/c1-9-39-26(37)22-19(18-11-10-12-21(38-6)23(18)30)15-34-24(22)20-16-35-36(25(20)29(31,32)33)17-13-28(5,14-17)40-41(7,8)27(2,3)4/h10-12,15-17,34H,9,13-14H2,1-8H3. The number of H-pyrrole nitrogens is 1. The van der Waals surface area contributed by atoms with Gasteiger partial charge in [-0.1, -0.05) is 44.5 Å². The van der Waals surface area contributed by atoms with Gasteiger partial charge in [0.25, 0.3) is 0 Å². The van der Waals surface area contributed by atoms with Crippen molar-refractivity contribution in [3.8, 4) is 28.1 Å². The number of hydrogen-bond donors (Lipinski definition) is 1. The van der Waals surface area contributed by atoms with Crippen LogP contribution in [0, 0.1) is 0 Å². The number of rotatable bonds is 8. The topological polar surface area (TPSA) is 78.4 Å². The van der Waals surface area contributed by atoms with Crippen LogP contribution < -0.4 is 4.74 Å². The Morgan fingerprint density at radius 2 is 1.85 bits per heavy atom. The summed E-state index contributed by atoms with van der Waals surface area (Å²) in [6, 6.07) is 4.48. The second kappa shape index (κ2) is 10.8. The fraction of sp³-hybridized carbons (Fsp3) is 0.517. The zero-order valence-corrected chi connectivity index (χ0v) is 26.4. The van der Waals surface area contributed by atoms with Crippen LogP contribution in [0.4, 0.5) is 13.2 Å². The van der Waals surface area contributed by atoms with Crippen molar-refractivity contribution >= 4 is 25.9 Å². The molecular formula is C29H37ClF3N3O4Si. The predicted molar refractivity (Wildman–Crippen MR) is 155 cm³/mol. The molecule has 1 aliphatic carbocycles. The van der Waals surface area contributed by atoms with Crippen molar-refractivity contribution in [2.45, 2.75) is 83.4 Å². The van der Waals surface area contributed by atoms with Gasteiger partial charge in [-0.3, -0.25) is 4.68 Å². The van der Waals surface area contributed by atoms with E-state index in [9.17, 15) is 18.0 Å². The largest absolute Gasteiger partial charge is 0.495 e. The van der Waals surface area contributed by atoms with Crippen molar-refractivity contribution in [2.24, 2.45) is 0 Å². The Hall–Kier alpha value is -2.76. The molecule has 0 spiro atoms. The van der Waals surface area contributed by atoms with E-state index in [1.54, 1.807) is 25.1 Å². The van der Waals surface area contributed by atoms with Crippen LogP contribution in [0.3, 0.4) is 0 Å².